The van der Waals surface area contributed by atoms with Gasteiger partial charge in [0.1, 0.15) is 0 Å². The van der Waals surface area contributed by atoms with E-state index in [-0.39, 0.29) is 19.8 Å². The first-order chi connectivity index (χ1) is 6.09. The van der Waals surface area contributed by atoms with Gasteiger partial charge in [-0.25, -0.2) is 4.79 Å². The number of rotatable bonds is 4. The van der Waals surface area contributed by atoms with Crippen molar-refractivity contribution >= 4 is 6.09 Å². The molecule has 0 unspecified atom stereocenters. The summed E-state index contributed by atoms with van der Waals surface area (Å²) in [5.74, 6) is 0. The van der Waals surface area contributed by atoms with Crippen molar-refractivity contribution in [2.75, 3.05) is 40.4 Å². The summed E-state index contributed by atoms with van der Waals surface area (Å²) < 4.78 is 0. The minimum Gasteiger partial charge on any atom is -0.465 e. The van der Waals surface area contributed by atoms with Crippen LogP contribution < -0.4 is 5.32 Å². The van der Waals surface area contributed by atoms with Gasteiger partial charge in [-0.05, 0) is 7.05 Å². The van der Waals surface area contributed by atoms with Crippen molar-refractivity contribution in [1.29, 1.82) is 0 Å². The maximum atomic E-state index is 9.90. The van der Waals surface area contributed by atoms with Crippen LogP contribution in [0.5, 0.6) is 0 Å². The molecule has 0 heterocycles. The van der Waals surface area contributed by atoms with Crippen LogP contribution in [-0.4, -0.2) is 66.7 Å². The standard InChI is InChI=1S/C4H9NO3.C3H9NO/c1-5(2-3-6)4(7)8;1-4-2-3-5/h6H,2-3H2,1H3,(H,7,8);4-5H,2-3H2,1H3. The van der Waals surface area contributed by atoms with Crippen molar-refractivity contribution in [3.63, 3.8) is 0 Å². The van der Waals surface area contributed by atoms with E-state index in [1.165, 1.54) is 7.05 Å². The molecule has 13 heavy (non-hydrogen) atoms. The molecule has 0 aromatic carbocycles. The molecule has 0 saturated carbocycles. The Labute approximate surface area is 77.8 Å². The molecule has 6 nitrogen and oxygen atoms in total. The molecule has 0 aromatic rings. The van der Waals surface area contributed by atoms with Crippen molar-refractivity contribution in [2.24, 2.45) is 0 Å². The summed E-state index contributed by atoms with van der Waals surface area (Å²) in [4.78, 5) is 10.9. The van der Waals surface area contributed by atoms with Gasteiger partial charge < -0.3 is 25.5 Å². The Balaban J connectivity index is 0. The molecule has 6 heteroatoms. The molecular formula is C7H18N2O4. The fourth-order valence-corrected chi connectivity index (χ4v) is 0.357. The van der Waals surface area contributed by atoms with E-state index >= 15 is 0 Å². The Morgan fingerprint density at radius 2 is 1.92 bits per heavy atom. The van der Waals surface area contributed by atoms with Gasteiger partial charge in [-0.15, -0.1) is 0 Å². The van der Waals surface area contributed by atoms with Crippen molar-refractivity contribution < 1.29 is 20.1 Å². The molecular weight excluding hydrogens is 176 g/mol. The summed E-state index contributed by atoms with van der Waals surface area (Å²) in [5, 5.41) is 27.1. The number of hydrogen-bond acceptors (Lipinski definition) is 4. The van der Waals surface area contributed by atoms with Gasteiger partial charge in [-0.3, -0.25) is 0 Å². The number of carboxylic acid groups (broad SMARTS) is 1. The highest BCUT2D eigenvalue weighted by Crippen LogP contribution is 1.79. The number of hydrogen-bond donors (Lipinski definition) is 4. The third kappa shape index (κ3) is 14.1. The van der Waals surface area contributed by atoms with Crippen molar-refractivity contribution in [1.82, 2.24) is 10.2 Å². The van der Waals surface area contributed by atoms with E-state index in [9.17, 15) is 4.79 Å². The lowest BCUT2D eigenvalue weighted by Crippen LogP contribution is -2.27. The van der Waals surface area contributed by atoms with Gasteiger partial charge in [0.15, 0.2) is 0 Å². The molecule has 0 saturated heterocycles. The van der Waals surface area contributed by atoms with Gasteiger partial charge in [0.25, 0.3) is 0 Å². The van der Waals surface area contributed by atoms with Crippen molar-refractivity contribution in [3.8, 4) is 0 Å². The predicted molar refractivity (Wildman–Crippen MR) is 48.8 cm³/mol. The molecule has 0 aliphatic rings. The molecule has 80 valence electrons. The van der Waals surface area contributed by atoms with E-state index in [2.05, 4.69) is 5.32 Å². The molecule has 0 aromatic heterocycles. The highest BCUT2D eigenvalue weighted by atomic mass is 16.4. The molecule has 0 atom stereocenters. The molecule has 0 fully saturated rings. The molecule has 0 aliphatic heterocycles. The monoisotopic (exact) mass is 194 g/mol. The average molecular weight is 194 g/mol. The number of amides is 1. The first-order valence-electron chi connectivity index (χ1n) is 3.90. The number of likely N-dealkylation sites (N-methyl/N-ethyl adjacent to an activating group) is 2. The maximum Gasteiger partial charge on any atom is 0.407 e. The van der Waals surface area contributed by atoms with Crippen LogP contribution in [0.15, 0.2) is 0 Å². The highest BCUT2D eigenvalue weighted by Gasteiger charge is 2.00. The van der Waals surface area contributed by atoms with Crippen LogP contribution in [0, 0.1) is 0 Å². The molecule has 1 amide bonds. The van der Waals surface area contributed by atoms with Crippen molar-refractivity contribution in [2.45, 2.75) is 0 Å². The van der Waals surface area contributed by atoms with Crippen LogP contribution in [0.2, 0.25) is 0 Å². The lowest BCUT2D eigenvalue weighted by Gasteiger charge is -2.08. The van der Waals surface area contributed by atoms with Crippen LogP contribution in [0.4, 0.5) is 4.79 Å². The Kier molecular flexibility index (Phi) is 12.6. The average Bonchev–Trinajstić information content (AvgIpc) is 2.07. The van der Waals surface area contributed by atoms with E-state index < -0.39 is 6.09 Å². The van der Waals surface area contributed by atoms with Crippen LogP contribution in [0.1, 0.15) is 0 Å². The molecule has 0 rings (SSSR count). The Bertz CT molecular complexity index is 119. The van der Waals surface area contributed by atoms with Gasteiger partial charge in [-0.1, -0.05) is 0 Å². The Morgan fingerprint density at radius 3 is 2.00 bits per heavy atom. The number of carbonyl (C=O) groups is 1. The molecule has 0 radical (unpaired) electrons. The van der Waals surface area contributed by atoms with Crippen LogP contribution in [-0.2, 0) is 0 Å². The zero-order valence-corrected chi connectivity index (χ0v) is 8.03. The fraction of sp³-hybridized carbons (Fsp3) is 0.857. The second kappa shape index (κ2) is 11.2. The third-order valence-corrected chi connectivity index (χ3v) is 1.12. The second-order valence-electron chi connectivity index (χ2n) is 2.25. The van der Waals surface area contributed by atoms with E-state index in [0.717, 1.165) is 4.90 Å². The molecule has 0 spiro atoms. The van der Waals surface area contributed by atoms with E-state index in [0.29, 0.717) is 6.54 Å². The lowest BCUT2D eigenvalue weighted by atomic mass is 10.6. The number of nitrogens with one attached hydrogen (secondary N) is 1. The number of aliphatic hydroxyl groups excluding tert-OH is 2. The zero-order chi connectivity index (χ0) is 10.7. The normalized spacial score (nSPS) is 8.62. The summed E-state index contributed by atoms with van der Waals surface area (Å²) >= 11 is 0. The van der Waals surface area contributed by atoms with E-state index in [1.807, 2.05) is 0 Å². The Hall–Kier alpha value is -0.850. The van der Waals surface area contributed by atoms with Gasteiger partial charge >= 0.3 is 6.09 Å². The molecule has 0 aliphatic carbocycles. The minimum atomic E-state index is -1.01. The van der Waals surface area contributed by atoms with Gasteiger partial charge in [-0.2, -0.15) is 0 Å². The van der Waals surface area contributed by atoms with Crippen LogP contribution in [0.3, 0.4) is 0 Å². The van der Waals surface area contributed by atoms with Gasteiger partial charge in [0, 0.05) is 20.1 Å². The Morgan fingerprint density at radius 1 is 1.38 bits per heavy atom. The molecule has 4 N–H and O–H groups in total. The van der Waals surface area contributed by atoms with Crippen molar-refractivity contribution in [3.05, 3.63) is 0 Å². The topological polar surface area (TPSA) is 93.0 Å². The SMILES string of the molecule is CN(CCO)C(=O)O.CNCCO. The first kappa shape index (κ1) is 14.7. The number of nitrogens with zero attached hydrogens (tertiary/aromatic N) is 1. The summed E-state index contributed by atoms with van der Waals surface area (Å²) in [7, 11) is 3.20. The maximum absolute atomic E-state index is 9.90. The third-order valence-electron chi connectivity index (χ3n) is 1.12. The zero-order valence-electron chi connectivity index (χ0n) is 8.03. The summed E-state index contributed by atoms with van der Waals surface area (Å²) in [5.41, 5.74) is 0. The van der Waals surface area contributed by atoms with Crippen LogP contribution in [0.25, 0.3) is 0 Å². The fourth-order valence-electron chi connectivity index (χ4n) is 0.357. The predicted octanol–water partition coefficient (Wildman–Crippen LogP) is -1.21. The lowest BCUT2D eigenvalue weighted by molar-refractivity contribution is 0.144. The largest absolute Gasteiger partial charge is 0.465 e. The van der Waals surface area contributed by atoms with Gasteiger partial charge in [0.05, 0.1) is 13.2 Å². The highest BCUT2D eigenvalue weighted by molar-refractivity contribution is 5.64. The summed E-state index contributed by atoms with van der Waals surface area (Å²) in [6, 6.07) is 0. The molecule has 0 bridgehead atoms. The smallest absolute Gasteiger partial charge is 0.407 e. The van der Waals surface area contributed by atoms with Gasteiger partial charge in [0.2, 0.25) is 0 Å². The quantitative estimate of drug-likeness (QED) is 0.450. The van der Waals surface area contributed by atoms with Crippen LogP contribution >= 0.6 is 0 Å². The van der Waals surface area contributed by atoms with E-state index in [4.69, 9.17) is 15.3 Å². The first-order valence-corrected chi connectivity index (χ1v) is 3.90. The number of aliphatic hydroxyl groups is 2. The second-order valence-corrected chi connectivity index (χ2v) is 2.25. The summed E-state index contributed by atoms with van der Waals surface area (Å²) in [6.45, 7) is 0.981. The van der Waals surface area contributed by atoms with E-state index in [1.54, 1.807) is 7.05 Å². The minimum absolute atomic E-state index is 0.122. The summed E-state index contributed by atoms with van der Waals surface area (Å²) in [6.07, 6.45) is -1.01.